The smallest absolute Gasteiger partial charge is 0.261 e. The molecule has 4 aromatic rings. The molecule has 1 N–H and O–H groups in total. The van der Waals surface area contributed by atoms with Crippen LogP contribution in [0.5, 0.6) is 0 Å². The molecule has 0 fully saturated rings. The molecule has 4 heteroatoms. The number of pyridine rings is 1. The van der Waals surface area contributed by atoms with Crippen LogP contribution >= 0.6 is 11.3 Å². The second-order valence-electron chi connectivity index (χ2n) is 5.92. The molecule has 116 valence electrons. The molecule has 0 radical (unpaired) electrons. The van der Waals surface area contributed by atoms with Crippen LogP contribution in [0.15, 0.2) is 70.2 Å². The minimum atomic E-state index is -0.939. The molecular weight excluding hydrogens is 318 g/mol. The van der Waals surface area contributed by atoms with E-state index in [-0.39, 0.29) is 5.56 Å². The number of rotatable bonds is 1. The van der Waals surface area contributed by atoms with Crippen molar-refractivity contribution in [1.82, 2.24) is 4.57 Å². The topological polar surface area (TPSA) is 42.2 Å². The first kappa shape index (κ1) is 13.7. The normalized spacial score (nSPS) is 15.5. The van der Waals surface area contributed by atoms with Crippen molar-refractivity contribution in [2.24, 2.45) is 0 Å². The summed E-state index contributed by atoms with van der Waals surface area (Å²) >= 11 is 1.62. The molecule has 3 nitrogen and oxygen atoms in total. The number of fused-ring (bicyclic) bond motifs is 4. The van der Waals surface area contributed by atoms with E-state index in [1.54, 1.807) is 11.3 Å². The summed E-state index contributed by atoms with van der Waals surface area (Å²) in [4.78, 5) is 13.0. The van der Waals surface area contributed by atoms with Crippen LogP contribution in [-0.4, -0.2) is 9.67 Å². The second-order valence-corrected chi connectivity index (χ2v) is 6.70. The van der Waals surface area contributed by atoms with E-state index >= 15 is 0 Å². The Morgan fingerprint density at radius 1 is 0.958 bits per heavy atom. The number of hydrogen-bond acceptors (Lipinski definition) is 3. The van der Waals surface area contributed by atoms with Crippen molar-refractivity contribution >= 4 is 22.1 Å². The molecule has 24 heavy (non-hydrogen) atoms. The van der Waals surface area contributed by atoms with Gasteiger partial charge in [-0.15, -0.1) is 0 Å². The van der Waals surface area contributed by atoms with Crippen molar-refractivity contribution in [2.75, 3.05) is 0 Å². The van der Waals surface area contributed by atoms with E-state index < -0.39 is 6.23 Å². The van der Waals surface area contributed by atoms with Gasteiger partial charge in [0.25, 0.3) is 5.56 Å². The van der Waals surface area contributed by atoms with Crippen molar-refractivity contribution in [1.29, 1.82) is 0 Å². The van der Waals surface area contributed by atoms with Crippen molar-refractivity contribution in [2.45, 2.75) is 6.23 Å². The Morgan fingerprint density at radius 2 is 1.71 bits per heavy atom. The lowest BCUT2D eigenvalue weighted by atomic mass is 9.95. The summed E-state index contributed by atoms with van der Waals surface area (Å²) in [6, 6.07) is 17.4. The molecule has 2 aromatic heterocycles. The van der Waals surface area contributed by atoms with Crippen molar-refractivity contribution < 1.29 is 5.11 Å². The van der Waals surface area contributed by atoms with Gasteiger partial charge in [-0.1, -0.05) is 42.5 Å². The summed E-state index contributed by atoms with van der Waals surface area (Å²) in [5, 5.41) is 16.4. The summed E-state index contributed by atoms with van der Waals surface area (Å²) < 4.78 is 1.53. The van der Waals surface area contributed by atoms with Gasteiger partial charge >= 0.3 is 0 Å². The first-order valence-electron chi connectivity index (χ1n) is 7.74. The van der Waals surface area contributed by atoms with Crippen LogP contribution in [0.25, 0.3) is 33.2 Å². The maximum Gasteiger partial charge on any atom is 0.261 e. The number of hydrogen-bond donors (Lipinski definition) is 1. The van der Waals surface area contributed by atoms with Gasteiger partial charge in [-0.05, 0) is 33.8 Å². The maximum absolute atomic E-state index is 13.0. The minimum absolute atomic E-state index is 0.150. The van der Waals surface area contributed by atoms with Gasteiger partial charge in [-0.25, -0.2) is 0 Å². The SMILES string of the molecule is O=c1c2ccccc2c(-c2ccsc2)c2n1C(O)c1ccccc1-2. The van der Waals surface area contributed by atoms with E-state index in [1.807, 2.05) is 53.9 Å². The molecule has 2 aromatic carbocycles. The zero-order valence-electron chi connectivity index (χ0n) is 12.6. The number of benzene rings is 2. The first-order chi connectivity index (χ1) is 11.8. The third kappa shape index (κ3) is 1.67. The Bertz CT molecular complexity index is 1140. The summed E-state index contributed by atoms with van der Waals surface area (Å²) in [5.41, 5.74) is 4.44. The number of aliphatic hydroxyl groups is 1. The molecule has 3 heterocycles. The summed E-state index contributed by atoms with van der Waals surface area (Å²) in [6.07, 6.45) is -0.939. The van der Waals surface area contributed by atoms with E-state index in [1.165, 1.54) is 4.57 Å². The molecule has 1 atom stereocenters. The summed E-state index contributed by atoms with van der Waals surface area (Å²) in [6.45, 7) is 0. The van der Waals surface area contributed by atoms with Gasteiger partial charge in [0.1, 0.15) is 0 Å². The van der Waals surface area contributed by atoms with Gasteiger partial charge in [-0.2, -0.15) is 11.3 Å². The van der Waals surface area contributed by atoms with E-state index in [2.05, 4.69) is 11.4 Å². The van der Waals surface area contributed by atoms with Crippen LogP contribution in [0.1, 0.15) is 11.8 Å². The van der Waals surface area contributed by atoms with Crippen LogP contribution in [0.2, 0.25) is 0 Å². The largest absolute Gasteiger partial charge is 0.369 e. The fourth-order valence-corrected chi connectivity index (χ4v) is 4.29. The number of nitrogens with zero attached hydrogens (tertiary/aromatic N) is 1. The zero-order chi connectivity index (χ0) is 16.3. The summed E-state index contributed by atoms with van der Waals surface area (Å²) in [5.74, 6) is 0. The fraction of sp³-hybridized carbons (Fsp3) is 0.0500. The van der Waals surface area contributed by atoms with Gasteiger partial charge < -0.3 is 5.11 Å². The van der Waals surface area contributed by atoms with Gasteiger partial charge in [0.2, 0.25) is 0 Å². The average molecular weight is 331 g/mol. The van der Waals surface area contributed by atoms with Crippen LogP contribution in [0.3, 0.4) is 0 Å². The lowest BCUT2D eigenvalue weighted by Crippen LogP contribution is -2.23. The highest BCUT2D eigenvalue weighted by atomic mass is 32.1. The minimum Gasteiger partial charge on any atom is -0.369 e. The molecule has 0 amide bonds. The predicted octanol–water partition coefficient (Wildman–Crippen LogP) is 4.25. The lowest BCUT2D eigenvalue weighted by molar-refractivity contribution is 0.152. The fourth-order valence-electron chi connectivity index (χ4n) is 3.64. The molecule has 1 unspecified atom stereocenters. The van der Waals surface area contributed by atoms with Crippen molar-refractivity contribution in [3.63, 3.8) is 0 Å². The molecule has 1 aliphatic rings. The zero-order valence-corrected chi connectivity index (χ0v) is 13.5. The lowest BCUT2D eigenvalue weighted by Gasteiger charge is -2.15. The third-order valence-corrected chi connectivity index (χ3v) is 5.36. The van der Waals surface area contributed by atoms with Gasteiger partial charge in [0, 0.05) is 22.1 Å². The van der Waals surface area contributed by atoms with Crippen LogP contribution < -0.4 is 5.56 Å². The highest BCUT2D eigenvalue weighted by Gasteiger charge is 2.31. The molecular formula is C20H13NO2S. The quantitative estimate of drug-likeness (QED) is 0.566. The number of aromatic nitrogens is 1. The Balaban J connectivity index is 2.06. The first-order valence-corrected chi connectivity index (χ1v) is 8.69. The second kappa shape index (κ2) is 4.90. The average Bonchev–Trinajstić information content (AvgIpc) is 3.24. The van der Waals surface area contributed by atoms with Crippen LogP contribution in [0.4, 0.5) is 0 Å². The van der Waals surface area contributed by atoms with Crippen LogP contribution in [0, 0.1) is 0 Å². The van der Waals surface area contributed by atoms with Crippen LogP contribution in [-0.2, 0) is 0 Å². The molecule has 0 saturated heterocycles. The van der Waals surface area contributed by atoms with Gasteiger partial charge in [0.05, 0.1) is 5.69 Å². The van der Waals surface area contributed by atoms with Crippen molar-refractivity contribution in [3.8, 4) is 22.4 Å². The third-order valence-electron chi connectivity index (χ3n) is 4.67. The highest BCUT2D eigenvalue weighted by Crippen LogP contribution is 2.45. The Labute approximate surface area is 142 Å². The van der Waals surface area contributed by atoms with Gasteiger partial charge in [-0.3, -0.25) is 9.36 Å². The van der Waals surface area contributed by atoms with E-state index in [9.17, 15) is 9.90 Å². The molecule has 1 aliphatic heterocycles. The van der Waals surface area contributed by atoms with E-state index in [0.717, 1.165) is 33.3 Å². The van der Waals surface area contributed by atoms with E-state index in [0.29, 0.717) is 5.39 Å². The predicted molar refractivity (Wildman–Crippen MR) is 97.3 cm³/mol. The molecule has 5 rings (SSSR count). The Kier molecular flexibility index (Phi) is 2.80. The van der Waals surface area contributed by atoms with E-state index in [4.69, 9.17) is 0 Å². The Hall–Kier alpha value is -2.69. The molecule has 0 spiro atoms. The molecule has 0 saturated carbocycles. The maximum atomic E-state index is 13.0. The monoisotopic (exact) mass is 331 g/mol. The summed E-state index contributed by atoms with van der Waals surface area (Å²) in [7, 11) is 0. The van der Waals surface area contributed by atoms with Crippen molar-refractivity contribution in [3.05, 3.63) is 81.3 Å². The molecule has 0 bridgehead atoms. The standard InChI is InChI=1S/C20H13NO2S/c22-19-15-7-3-1-5-13(15)17(12-9-10-24-11-12)18-14-6-2-4-8-16(14)20(23)21(18)19/h1-11,20,23H. The number of thiophene rings is 1. The number of aliphatic hydroxyl groups excluding tert-OH is 1. The molecule has 0 aliphatic carbocycles. The van der Waals surface area contributed by atoms with Gasteiger partial charge in [0.15, 0.2) is 6.23 Å². The Morgan fingerprint density at radius 3 is 2.50 bits per heavy atom. The highest BCUT2D eigenvalue weighted by molar-refractivity contribution is 7.08.